The molecule has 1 heteroatoms. The highest BCUT2D eigenvalue weighted by molar-refractivity contribution is 5.10. The van der Waals surface area contributed by atoms with Gasteiger partial charge in [0.15, 0.2) is 0 Å². The van der Waals surface area contributed by atoms with Crippen LogP contribution in [0.2, 0.25) is 0 Å². The molecule has 0 rings (SSSR count). The smallest absolute Gasteiger partial charge is 0.0137 e. The van der Waals surface area contributed by atoms with E-state index in [4.69, 9.17) is 5.73 Å². The first-order valence-corrected chi connectivity index (χ1v) is 3.33. The van der Waals surface area contributed by atoms with Gasteiger partial charge >= 0.3 is 0 Å². The van der Waals surface area contributed by atoms with Crippen LogP contribution in [0.1, 0.15) is 20.3 Å². The molecule has 0 aromatic heterocycles. The Hall–Kier alpha value is -0.560. The van der Waals surface area contributed by atoms with E-state index in [-0.39, 0.29) is 0 Å². The molecule has 0 amide bonds. The van der Waals surface area contributed by atoms with Crippen LogP contribution in [0.3, 0.4) is 0 Å². The summed E-state index contributed by atoms with van der Waals surface area (Å²) in [6.07, 6.45) is 7.29. The molecule has 9 heavy (non-hydrogen) atoms. The highest BCUT2D eigenvalue weighted by atomic mass is 14.5. The molecule has 0 saturated heterocycles. The molecule has 52 valence electrons. The van der Waals surface area contributed by atoms with Crippen molar-refractivity contribution < 1.29 is 0 Å². The lowest BCUT2D eigenvalue weighted by Gasteiger charge is -1.88. The Morgan fingerprint density at radius 2 is 2.22 bits per heavy atom. The zero-order valence-corrected chi connectivity index (χ0v) is 6.22. The van der Waals surface area contributed by atoms with E-state index >= 15 is 0 Å². The van der Waals surface area contributed by atoms with Crippen molar-refractivity contribution in [1.29, 1.82) is 0 Å². The fourth-order valence-electron chi connectivity index (χ4n) is 0.436. The molecule has 0 bridgehead atoms. The normalized spacial score (nSPS) is 13.0. The van der Waals surface area contributed by atoms with Crippen molar-refractivity contribution in [1.82, 2.24) is 0 Å². The molecule has 0 aliphatic rings. The molecular formula is C8H15N. The monoisotopic (exact) mass is 125 g/mol. The second-order valence-electron chi connectivity index (χ2n) is 2.05. The first kappa shape index (κ1) is 8.44. The molecule has 0 aliphatic heterocycles. The second-order valence-corrected chi connectivity index (χ2v) is 2.05. The zero-order valence-electron chi connectivity index (χ0n) is 6.22. The van der Waals surface area contributed by atoms with Crippen molar-refractivity contribution >= 4 is 0 Å². The van der Waals surface area contributed by atoms with E-state index in [9.17, 15) is 0 Å². The maximum Gasteiger partial charge on any atom is 0.0137 e. The van der Waals surface area contributed by atoms with Gasteiger partial charge in [0, 0.05) is 6.54 Å². The average molecular weight is 125 g/mol. The molecule has 0 heterocycles. The number of rotatable bonds is 3. The lowest BCUT2D eigenvalue weighted by atomic mass is 10.2. The number of nitrogens with two attached hydrogens (primary N) is 1. The van der Waals surface area contributed by atoms with Crippen LogP contribution in [-0.2, 0) is 0 Å². The van der Waals surface area contributed by atoms with Crippen LogP contribution in [0.25, 0.3) is 0 Å². The topological polar surface area (TPSA) is 26.0 Å². The SMILES string of the molecule is CC/C=C\C=C(/C)CN. The van der Waals surface area contributed by atoms with Gasteiger partial charge in [0.25, 0.3) is 0 Å². The van der Waals surface area contributed by atoms with Gasteiger partial charge < -0.3 is 5.73 Å². The minimum Gasteiger partial charge on any atom is -0.327 e. The number of hydrogen-bond acceptors (Lipinski definition) is 1. The van der Waals surface area contributed by atoms with Gasteiger partial charge in [-0.1, -0.05) is 30.7 Å². The summed E-state index contributed by atoms with van der Waals surface area (Å²) in [4.78, 5) is 0. The lowest BCUT2D eigenvalue weighted by Crippen LogP contribution is -1.98. The van der Waals surface area contributed by atoms with E-state index in [0.717, 1.165) is 6.42 Å². The molecule has 0 aliphatic carbocycles. The van der Waals surface area contributed by atoms with E-state index in [1.54, 1.807) is 0 Å². The van der Waals surface area contributed by atoms with Gasteiger partial charge in [0.05, 0.1) is 0 Å². The summed E-state index contributed by atoms with van der Waals surface area (Å²) in [5.74, 6) is 0. The molecule has 0 spiro atoms. The number of hydrogen-bond donors (Lipinski definition) is 1. The standard InChI is InChI=1S/C8H15N/c1-3-4-5-6-8(2)7-9/h4-6H,3,7,9H2,1-2H3/b5-4-,8-6+. The Morgan fingerprint density at radius 3 is 2.67 bits per heavy atom. The first-order chi connectivity index (χ1) is 4.31. The largest absolute Gasteiger partial charge is 0.327 e. The van der Waals surface area contributed by atoms with Gasteiger partial charge in [0.1, 0.15) is 0 Å². The van der Waals surface area contributed by atoms with E-state index in [1.807, 2.05) is 19.1 Å². The van der Waals surface area contributed by atoms with Crippen molar-refractivity contribution in [2.75, 3.05) is 6.54 Å². The van der Waals surface area contributed by atoms with Crippen molar-refractivity contribution in [3.63, 3.8) is 0 Å². The minimum absolute atomic E-state index is 0.661. The van der Waals surface area contributed by atoms with Crippen molar-refractivity contribution in [2.45, 2.75) is 20.3 Å². The molecule has 0 saturated carbocycles. The summed E-state index contributed by atoms with van der Waals surface area (Å²) in [6.45, 7) is 4.80. The lowest BCUT2D eigenvalue weighted by molar-refractivity contribution is 1.14. The average Bonchev–Trinajstić information content (AvgIpc) is 1.89. The highest BCUT2D eigenvalue weighted by Gasteiger charge is 1.76. The molecule has 0 radical (unpaired) electrons. The summed E-state index contributed by atoms with van der Waals surface area (Å²) in [6, 6.07) is 0. The van der Waals surface area contributed by atoms with Crippen molar-refractivity contribution in [3.05, 3.63) is 23.8 Å². The highest BCUT2D eigenvalue weighted by Crippen LogP contribution is 1.89. The van der Waals surface area contributed by atoms with Crippen LogP contribution in [-0.4, -0.2) is 6.54 Å². The van der Waals surface area contributed by atoms with E-state index in [2.05, 4.69) is 13.0 Å². The van der Waals surface area contributed by atoms with Gasteiger partial charge in [-0.05, 0) is 13.3 Å². The van der Waals surface area contributed by atoms with E-state index in [0.29, 0.717) is 6.54 Å². The summed E-state index contributed by atoms with van der Waals surface area (Å²) in [5, 5.41) is 0. The maximum atomic E-state index is 5.35. The molecule has 0 unspecified atom stereocenters. The van der Waals surface area contributed by atoms with Gasteiger partial charge in [-0.15, -0.1) is 0 Å². The molecule has 0 fully saturated rings. The molecule has 1 nitrogen and oxygen atoms in total. The quantitative estimate of drug-likeness (QED) is 0.572. The third kappa shape index (κ3) is 5.31. The summed E-state index contributed by atoms with van der Waals surface area (Å²) in [5.41, 5.74) is 6.57. The third-order valence-electron chi connectivity index (χ3n) is 1.07. The maximum absolute atomic E-state index is 5.35. The van der Waals surface area contributed by atoms with E-state index < -0.39 is 0 Å². The Bertz CT molecular complexity index is 112. The van der Waals surface area contributed by atoms with Crippen LogP contribution < -0.4 is 5.73 Å². The molecule has 0 aromatic rings. The minimum atomic E-state index is 0.661. The van der Waals surface area contributed by atoms with Crippen LogP contribution in [0, 0.1) is 0 Å². The molecule has 0 aromatic carbocycles. The zero-order chi connectivity index (χ0) is 7.11. The van der Waals surface area contributed by atoms with Crippen LogP contribution in [0.5, 0.6) is 0 Å². The third-order valence-corrected chi connectivity index (χ3v) is 1.07. The predicted molar refractivity (Wildman–Crippen MR) is 42.2 cm³/mol. The second kappa shape index (κ2) is 5.57. The fourth-order valence-corrected chi connectivity index (χ4v) is 0.436. The van der Waals surface area contributed by atoms with Crippen LogP contribution in [0.15, 0.2) is 23.8 Å². The Labute approximate surface area is 57.3 Å². The van der Waals surface area contributed by atoms with Crippen molar-refractivity contribution in [2.24, 2.45) is 5.73 Å². The van der Waals surface area contributed by atoms with Gasteiger partial charge in [0.2, 0.25) is 0 Å². The molecule has 0 atom stereocenters. The summed E-state index contributed by atoms with van der Waals surface area (Å²) < 4.78 is 0. The summed E-state index contributed by atoms with van der Waals surface area (Å²) in [7, 11) is 0. The first-order valence-electron chi connectivity index (χ1n) is 3.33. The predicted octanol–water partition coefficient (Wildman–Crippen LogP) is 1.86. The Balaban J connectivity index is 3.55. The van der Waals surface area contributed by atoms with E-state index in [1.165, 1.54) is 5.57 Å². The molecule has 2 N–H and O–H groups in total. The van der Waals surface area contributed by atoms with Crippen molar-refractivity contribution in [3.8, 4) is 0 Å². The molecular weight excluding hydrogens is 110 g/mol. The van der Waals surface area contributed by atoms with Gasteiger partial charge in [-0.3, -0.25) is 0 Å². The van der Waals surface area contributed by atoms with Gasteiger partial charge in [-0.25, -0.2) is 0 Å². The fraction of sp³-hybridized carbons (Fsp3) is 0.500. The Kier molecular flexibility index (Phi) is 5.23. The Morgan fingerprint density at radius 1 is 1.56 bits per heavy atom. The van der Waals surface area contributed by atoms with Crippen LogP contribution in [0.4, 0.5) is 0 Å². The van der Waals surface area contributed by atoms with Gasteiger partial charge in [-0.2, -0.15) is 0 Å². The summed E-state index contributed by atoms with van der Waals surface area (Å²) >= 11 is 0. The van der Waals surface area contributed by atoms with Crippen LogP contribution >= 0.6 is 0 Å². The number of allylic oxidation sites excluding steroid dienone is 3.